The molecule has 0 aromatic heterocycles. The number of rotatable bonds is 4. The molecule has 2 rings (SSSR count). The van der Waals surface area contributed by atoms with Crippen molar-refractivity contribution >= 4 is 17.3 Å². The zero-order valence-electron chi connectivity index (χ0n) is 12.0. The van der Waals surface area contributed by atoms with Crippen molar-refractivity contribution in [2.24, 2.45) is 11.8 Å². The van der Waals surface area contributed by atoms with E-state index in [0.29, 0.717) is 11.5 Å². The number of nitrogen functional groups attached to an aromatic ring is 1. The summed E-state index contributed by atoms with van der Waals surface area (Å²) >= 11 is 0. The maximum absolute atomic E-state index is 11.7. The fraction of sp³-hybridized carbons (Fsp3) is 0.533. The molecule has 0 bridgehead atoms. The molecular formula is C15H20N2O4. The third kappa shape index (κ3) is 3.15. The first-order chi connectivity index (χ1) is 9.91. The Balaban J connectivity index is 2.41. The standard InChI is InChI=1S/C15H20N2O4/c1-9-4-2-5-10(8-9)13(15(18)19)11-6-3-7-12(14(11)16)17(20)21/h3,6-7,9-10,13H,2,4-5,8,16H2,1H3,(H,18,19). The quantitative estimate of drug-likeness (QED) is 0.503. The van der Waals surface area contributed by atoms with E-state index in [0.717, 1.165) is 25.7 Å². The van der Waals surface area contributed by atoms with E-state index >= 15 is 0 Å². The molecule has 21 heavy (non-hydrogen) atoms. The Kier molecular flexibility index (Phi) is 4.45. The minimum Gasteiger partial charge on any atom is -0.481 e. The van der Waals surface area contributed by atoms with Crippen LogP contribution in [0.25, 0.3) is 0 Å². The summed E-state index contributed by atoms with van der Waals surface area (Å²) in [5, 5.41) is 20.6. The lowest BCUT2D eigenvalue weighted by Crippen LogP contribution is -2.27. The third-order valence-electron chi connectivity index (χ3n) is 4.36. The highest BCUT2D eigenvalue weighted by Gasteiger charge is 2.35. The molecule has 0 spiro atoms. The highest BCUT2D eigenvalue weighted by atomic mass is 16.6. The summed E-state index contributed by atoms with van der Waals surface area (Å²) in [6.07, 6.45) is 3.74. The maximum Gasteiger partial charge on any atom is 0.311 e. The van der Waals surface area contributed by atoms with Gasteiger partial charge in [0.15, 0.2) is 0 Å². The van der Waals surface area contributed by atoms with Crippen molar-refractivity contribution in [3.8, 4) is 0 Å². The van der Waals surface area contributed by atoms with Gasteiger partial charge in [0.1, 0.15) is 5.69 Å². The summed E-state index contributed by atoms with van der Waals surface area (Å²) < 4.78 is 0. The molecule has 0 heterocycles. The Hall–Kier alpha value is -2.11. The molecule has 6 nitrogen and oxygen atoms in total. The number of carboxylic acids is 1. The molecule has 0 radical (unpaired) electrons. The van der Waals surface area contributed by atoms with Gasteiger partial charge in [-0.3, -0.25) is 14.9 Å². The number of aliphatic carboxylic acids is 1. The molecule has 3 N–H and O–H groups in total. The maximum atomic E-state index is 11.7. The number of carboxylic acid groups (broad SMARTS) is 1. The van der Waals surface area contributed by atoms with Crippen molar-refractivity contribution < 1.29 is 14.8 Å². The topological polar surface area (TPSA) is 106 Å². The Morgan fingerprint density at radius 3 is 2.76 bits per heavy atom. The second kappa shape index (κ2) is 6.11. The summed E-state index contributed by atoms with van der Waals surface area (Å²) in [4.78, 5) is 22.1. The number of para-hydroxylation sites is 1. The number of hydrogen-bond donors (Lipinski definition) is 2. The van der Waals surface area contributed by atoms with Crippen LogP contribution in [0.3, 0.4) is 0 Å². The van der Waals surface area contributed by atoms with E-state index in [1.165, 1.54) is 12.1 Å². The highest BCUT2D eigenvalue weighted by molar-refractivity contribution is 5.81. The van der Waals surface area contributed by atoms with Gasteiger partial charge in [-0.25, -0.2) is 0 Å². The van der Waals surface area contributed by atoms with E-state index in [-0.39, 0.29) is 17.3 Å². The monoisotopic (exact) mass is 292 g/mol. The van der Waals surface area contributed by atoms with Crippen molar-refractivity contribution in [3.05, 3.63) is 33.9 Å². The highest BCUT2D eigenvalue weighted by Crippen LogP contribution is 2.42. The fourth-order valence-electron chi connectivity index (χ4n) is 3.37. The number of nitrogens with two attached hydrogens (primary N) is 1. The number of carbonyl (C=O) groups is 1. The molecule has 0 aliphatic heterocycles. The van der Waals surface area contributed by atoms with Crippen LogP contribution < -0.4 is 5.73 Å². The van der Waals surface area contributed by atoms with Gasteiger partial charge in [-0.2, -0.15) is 0 Å². The van der Waals surface area contributed by atoms with E-state index in [2.05, 4.69) is 6.92 Å². The number of hydrogen-bond acceptors (Lipinski definition) is 4. The molecule has 1 fully saturated rings. The zero-order chi connectivity index (χ0) is 15.6. The summed E-state index contributed by atoms with van der Waals surface area (Å²) in [6, 6.07) is 4.41. The smallest absolute Gasteiger partial charge is 0.311 e. The average Bonchev–Trinajstić information content (AvgIpc) is 2.40. The van der Waals surface area contributed by atoms with E-state index in [4.69, 9.17) is 5.73 Å². The van der Waals surface area contributed by atoms with Gasteiger partial charge in [0.2, 0.25) is 0 Å². The molecule has 1 aromatic rings. The number of anilines is 1. The third-order valence-corrected chi connectivity index (χ3v) is 4.36. The number of benzene rings is 1. The Labute approximate surface area is 123 Å². The largest absolute Gasteiger partial charge is 0.481 e. The van der Waals surface area contributed by atoms with Crippen molar-refractivity contribution in [1.82, 2.24) is 0 Å². The van der Waals surface area contributed by atoms with Crippen LogP contribution in [0.1, 0.15) is 44.1 Å². The molecule has 3 atom stereocenters. The average molecular weight is 292 g/mol. The van der Waals surface area contributed by atoms with Gasteiger partial charge in [-0.05, 0) is 30.2 Å². The molecule has 0 amide bonds. The van der Waals surface area contributed by atoms with Gasteiger partial charge in [-0.15, -0.1) is 0 Å². The van der Waals surface area contributed by atoms with Gasteiger partial charge >= 0.3 is 5.97 Å². The first-order valence-electron chi connectivity index (χ1n) is 7.17. The van der Waals surface area contributed by atoms with Gasteiger partial charge < -0.3 is 10.8 Å². The second-order valence-corrected chi connectivity index (χ2v) is 5.88. The first kappa shape index (κ1) is 15.3. The molecular weight excluding hydrogens is 272 g/mol. The molecule has 1 aliphatic carbocycles. The van der Waals surface area contributed by atoms with Crippen molar-refractivity contribution in [2.75, 3.05) is 5.73 Å². The molecule has 0 saturated heterocycles. The van der Waals surface area contributed by atoms with Crippen LogP contribution in [-0.4, -0.2) is 16.0 Å². The minimum absolute atomic E-state index is 0.0180. The van der Waals surface area contributed by atoms with E-state index in [1.54, 1.807) is 6.07 Å². The normalized spacial score (nSPS) is 23.5. The van der Waals surface area contributed by atoms with Crippen LogP contribution in [0.4, 0.5) is 11.4 Å². The van der Waals surface area contributed by atoms with Crippen LogP contribution >= 0.6 is 0 Å². The summed E-state index contributed by atoms with van der Waals surface area (Å²) in [6.45, 7) is 2.11. The fourth-order valence-corrected chi connectivity index (χ4v) is 3.37. The molecule has 114 valence electrons. The molecule has 1 aliphatic rings. The number of nitrogens with zero attached hydrogens (tertiary/aromatic N) is 1. The molecule has 3 unspecified atom stereocenters. The van der Waals surface area contributed by atoms with Crippen LogP contribution in [0.15, 0.2) is 18.2 Å². The lowest BCUT2D eigenvalue weighted by molar-refractivity contribution is -0.384. The van der Waals surface area contributed by atoms with E-state index < -0.39 is 16.8 Å². The van der Waals surface area contributed by atoms with Crippen molar-refractivity contribution in [2.45, 2.75) is 38.5 Å². The number of nitro benzene ring substituents is 1. The van der Waals surface area contributed by atoms with Crippen LogP contribution in [-0.2, 0) is 4.79 Å². The van der Waals surface area contributed by atoms with Gasteiger partial charge in [0, 0.05) is 6.07 Å². The van der Waals surface area contributed by atoms with Crippen molar-refractivity contribution in [1.29, 1.82) is 0 Å². The van der Waals surface area contributed by atoms with Gasteiger partial charge in [0.25, 0.3) is 5.69 Å². The number of nitro groups is 1. The zero-order valence-corrected chi connectivity index (χ0v) is 12.0. The van der Waals surface area contributed by atoms with Gasteiger partial charge in [-0.1, -0.05) is 31.9 Å². The minimum atomic E-state index is -0.957. The Morgan fingerprint density at radius 1 is 1.48 bits per heavy atom. The summed E-state index contributed by atoms with van der Waals surface area (Å²) in [5.74, 6) is -1.27. The summed E-state index contributed by atoms with van der Waals surface area (Å²) in [5.41, 5.74) is 5.99. The first-order valence-corrected chi connectivity index (χ1v) is 7.17. The van der Waals surface area contributed by atoms with E-state index in [1.807, 2.05) is 0 Å². The van der Waals surface area contributed by atoms with E-state index in [9.17, 15) is 20.0 Å². The molecule has 1 aromatic carbocycles. The van der Waals surface area contributed by atoms with Gasteiger partial charge in [0.05, 0.1) is 10.8 Å². The Bertz CT molecular complexity index is 559. The van der Waals surface area contributed by atoms with Crippen LogP contribution in [0.2, 0.25) is 0 Å². The molecule has 1 saturated carbocycles. The second-order valence-electron chi connectivity index (χ2n) is 5.88. The lowest BCUT2D eigenvalue weighted by atomic mass is 9.73. The van der Waals surface area contributed by atoms with Crippen LogP contribution in [0, 0.1) is 22.0 Å². The van der Waals surface area contributed by atoms with Crippen LogP contribution in [0.5, 0.6) is 0 Å². The van der Waals surface area contributed by atoms with Crippen molar-refractivity contribution in [3.63, 3.8) is 0 Å². The lowest BCUT2D eigenvalue weighted by Gasteiger charge is -2.31. The Morgan fingerprint density at radius 2 is 2.19 bits per heavy atom. The SMILES string of the molecule is CC1CCCC(C(C(=O)O)c2cccc([N+](=O)[O-])c2N)C1. The predicted octanol–water partition coefficient (Wildman–Crippen LogP) is 3.17. The molecule has 6 heteroatoms. The predicted molar refractivity (Wildman–Crippen MR) is 79.0 cm³/mol. The summed E-state index contributed by atoms with van der Waals surface area (Å²) in [7, 11) is 0.